The van der Waals surface area contributed by atoms with Gasteiger partial charge in [-0.2, -0.15) is 0 Å². The molecule has 0 unspecified atom stereocenters. The molecule has 2 aromatic rings. The van der Waals surface area contributed by atoms with Crippen LogP contribution in [0.25, 0.3) is 0 Å². The van der Waals surface area contributed by atoms with Crippen LogP contribution in [0.5, 0.6) is 0 Å². The fourth-order valence-corrected chi connectivity index (χ4v) is 1.77. The van der Waals surface area contributed by atoms with Gasteiger partial charge >= 0.3 is 0 Å². The summed E-state index contributed by atoms with van der Waals surface area (Å²) >= 11 is 5.73. The molecule has 0 aliphatic carbocycles. The van der Waals surface area contributed by atoms with Crippen LogP contribution in [-0.4, -0.2) is 23.1 Å². The van der Waals surface area contributed by atoms with Crippen LogP contribution < -0.4 is 10.6 Å². The number of aromatic nitrogens is 2. The van der Waals surface area contributed by atoms with Crippen molar-refractivity contribution < 1.29 is 0 Å². The molecule has 0 aliphatic heterocycles. The van der Waals surface area contributed by atoms with Gasteiger partial charge in [-0.1, -0.05) is 23.7 Å². The van der Waals surface area contributed by atoms with Crippen molar-refractivity contribution in [3.8, 4) is 0 Å². The van der Waals surface area contributed by atoms with Crippen LogP contribution in [0, 0.1) is 0 Å². The Hall–Kier alpha value is -1.49. The highest BCUT2D eigenvalue weighted by Gasteiger charge is 1.94. The highest BCUT2D eigenvalue weighted by atomic mass is 35.5. The molecule has 0 bridgehead atoms. The first-order valence-corrected chi connectivity index (χ1v) is 6.63. The number of hydrogen-bond acceptors (Lipinski definition) is 4. The molecule has 0 aliphatic rings. The van der Waals surface area contributed by atoms with Crippen LogP contribution >= 0.6 is 11.6 Å². The Morgan fingerprint density at radius 1 is 0.947 bits per heavy atom. The van der Waals surface area contributed by atoms with Gasteiger partial charge in [-0.3, -0.25) is 4.98 Å². The number of hydrogen-bond donors (Lipinski definition) is 2. The molecule has 5 heteroatoms. The minimum atomic E-state index is 0.530. The lowest BCUT2D eigenvalue weighted by Crippen LogP contribution is -2.26. The molecule has 4 nitrogen and oxygen atoms in total. The third-order valence-electron chi connectivity index (χ3n) is 2.65. The Morgan fingerprint density at radius 2 is 1.68 bits per heavy atom. The monoisotopic (exact) mass is 276 g/mol. The number of pyridine rings is 2. The van der Waals surface area contributed by atoms with Gasteiger partial charge < -0.3 is 10.6 Å². The Bertz CT molecular complexity index is 473. The fourth-order valence-electron chi connectivity index (χ4n) is 1.66. The minimum absolute atomic E-state index is 0.530. The average molecular weight is 277 g/mol. The molecule has 0 saturated heterocycles. The highest BCUT2D eigenvalue weighted by Crippen LogP contribution is 2.04. The summed E-state index contributed by atoms with van der Waals surface area (Å²) in [5, 5.41) is 7.23. The predicted octanol–water partition coefficient (Wildman–Crippen LogP) is 2.01. The van der Waals surface area contributed by atoms with Crippen molar-refractivity contribution in [3.05, 3.63) is 59.1 Å². The van der Waals surface area contributed by atoms with Gasteiger partial charge in [0.15, 0.2) is 0 Å². The summed E-state index contributed by atoms with van der Waals surface area (Å²) < 4.78 is 0. The van der Waals surface area contributed by atoms with Gasteiger partial charge in [-0.25, -0.2) is 4.98 Å². The maximum Gasteiger partial charge on any atom is 0.129 e. The van der Waals surface area contributed by atoms with Crippen molar-refractivity contribution in [2.45, 2.75) is 13.1 Å². The molecule has 0 fully saturated rings. The average Bonchev–Trinajstić information content (AvgIpc) is 2.46. The molecular formula is C14H17ClN4. The minimum Gasteiger partial charge on any atom is -0.311 e. The second-order valence-corrected chi connectivity index (χ2v) is 4.59. The van der Waals surface area contributed by atoms with E-state index in [1.807, 2.05) is 18.3 Å². The molecule has 0 spiro atoms. The Labute approximate surface area is 118 Å². The lowest BCUT2D eigenvalue weighted by Gasteiger charge is -2.06. The molecule has 0 radical (unpaired) electrons. The second kappa shape index (κ2) is 7.84. The van der Waals surface area contributed by atoms with E-state index in [0.29, 0.717) is 5.15 Å². The second-order valence-electron chi connectivity index (χ2n) is 4.20. The van der Waals surface area contributed by atoms with E-state index in [1.165, 1.54) is 5.56 Å². The van der Waals surface area contributed by atoms with Gasteiger partial charge in [0.25, 0.3) is 0 Å². The maximum absolute atomic E-state index is 5.73. The van der Waals surface area contributed by atoms with E-state index in [-0.39, 0.29) is 0 Å². The summed E-state index contributed by atoms with van der Waals surface area (Å²) in [5.41, 5.74) is 2.33. The summed E-state index contributed by atoms with van der Waals surface area (Å²) in [6, 6.07) is 7.79. The van der Waals surface area contributed by atoms with Gasteiger partial charge in [-0.05, 0) is 23.3 Å². The molecule has 0 atom stereocenters. The summed E-state index contributed by atoms with van der Waals surface area (Å²) in [5.74, 6) is 0. The lowest BCUT2D eigenvalue weighted by atomic mass is 10.3. The van der Waals surface area contributed by atoms with E-state index in [9.17, 15) is 0 Å². The molecule has 2 aromatic heterocycles. The summed E-state index contributed by atoms with van der Waals surface area (Å²) in [4.78, 5) is 8.11. The van der Waals surface area contributed by atoms with E-state index in [0.717, 1.165) is 31.7 Å². The summed E-state index contributed by atoms with van der Waals surface area (Å²) in [6.07, 6.45) is 5.45. The van der Waals surface area contributed by atoms with Crippen molar-refractivity contribution >= 4 is 11.6 Å². The van der Waals surface area contributed by atoms with Crippen molar-refractivity contribution in [2.75, 3.05) is 13.1 Å². The normalized spacial score (nSPS) is 10.6. The molecule has 0 saturated carbocycles. The zero-order valence-electron chi connectivity index (χ0n) is 10.6. The van der Waals surface area contributed by atoms with Crippen molar-refractivity contribution in [2.24, 2.45) is 0 Å². The number of nitrogens with one attached hydrogen (secondary N) is 2. The quantitative estimate of drug-likeness (QED) is 0.600. The van der Waals surface area contributed by atoms with Gasteiger partial charge in [0.1, 0.15) is 5.15 Å². The van der Waals surface area contributed by atoms with E-state index < -0.39 is 0 Å². The van der Waals surface area contributed by atoms with E-state index in [2.05, 4.69) is 26.7 Å². The largest absolute Gasteiger partial charge is 0.311 e. The Balaban J connectivity index is 1.56. The van der Waals surface area contributed by atoms with Crippen molar-refractivity contribution in [1.29, 1.82) is 0 Å². The van der Waals surface area contributed by atoms with Gasteiger partial charge in [0, 0.05) is 44.8 Å². The molecule has 2 rings (SSSR count). The van der Waals surface area contributed by atoms with E-state index in [1.54, 1.807) is 18.5 Å². The zero-order valence-corrected chi connectivity index (χ0v) is 11.4. The number of nitrogens with zero attached hydrogens (tertiary/aromatic N) is 2. The van der Waals surface area contributed by atoms with Crippen LogP contribution in [0.15, 0.2) is 42.9 Å². The molecular weight excluding hydrogens is 260 g/mol. The Kier molecular flexibility index (Phi) is 5.75. The summed E-state index contributed by atoms with van der Waals surface area (Å²) in [7, 11) is 0. The lowest BCUT2D eigenvalue weighted by molar-refractivity contribution is 0.610. The van der Waals surface area contributed by atoms with Gasteiger partial charge in [0.05, 0.1) is 0 Å². The van der Waals surface area contributed by atoms with E-state index >= 15 is 0 Å². The molecule has 2 heterocycles. The van der Waals surface area contributed by atoms with Crippen LogP contribution in [0.3, 0.4) is 0 Å². The first-order chi connectivity index (χ1) is 9.34. The van der Waals surface area contributed by atoms with E-state index in [4.69, 9.17) is 11.6 Å². The molecule has 19 heavy (non-hydrogen) atoms. The standard InChI is InChI=1S/C14H17ClN4/c15-14-4-3-13(11-19-14)10-18-7-6-17-9-12-2-1-5-16-8-12/h1-5,8,11,17-18H,6-7,9-10H2. The fraction of sp³-hybridized carbons (Fsp3) is 0.286. The van der Waals surface area contributed by atoms with Crippen LogP contribution in [0.2, 0.25) is 5.15 Å². The molecule has 2 N–H and O–H groups in total. The first-order valence-electron chi connectivity index (χ1n) is 6.25. The summed E-state index contributed by atoms with van der Waals surface area (Å²) in [6.45, 7) is 3.47. The third kappa shape index (κ3) is 5.34. The topological polar surface area (TPSA) is 49.8 Å². The molecule has 0 aromatic carbocycles. The number of rotatable bonds is 7. The zero-order chi connectivity index (χ0) is 13.3. The van der Waals surface area contributed by atoms with Crippen LogP contribution in [0.1, 0.15) is 11.1 Å². The van der Waals surface area contributed by atoms with Crippen molar-refractivity contribution in [1.82, 2.24) is 20.6 Å². The molecule has 0 amide bonds. The SMILES string of the molecule is Clc1ccc(CNCCNCc2cccnc2)cn1. The maximum atomic E-state index is 5.73. The number of halogens is 1. The van der Waals surface area contributed by atoms with Gasteiger partial charge in [0.2, 0.25) is 0 Å². The Morgan fingerprint density at radius 3 is 2.26 bits per heavy atom. The predicted molar refractivity (Wildman–Crippen MR) is 76.9 cm³/mol. The smallest absolute Gasteiger partial charge is 0.129 e. The van der Waals surface area contributed by atoms with Crippen LogP contribution in [-0.2, 0) is 13.1 Å². The van der Waals surface area contributed by atoms with Crippen molar-refractivity contribution in [3.63, 3.8) is 0 Å². The van der Waals surface area contributed by atoms with Gasteiger partial charge in [-0.15, -0.1) is 0 Å². The first kappa shape index (κ1) is 13.9. The highest BCUT2D eigenvalue weighted by molar-refractivity contribution is 6.29. The molecule has 100 valence electrons. The van der Waals surface area contributed by atoms with Crippen LogP contribution in [0.4, 0.5) is 0 Å². The third-order valence-corrected chi connectivity index (χ3v) is 2.87.